The first-order valence-electron chi connectivity index (χ1n) is 16.6. The number of hydrogen-bond acceptors (Lipinski definition) is 0. The van der Waals surface area contributed by atoms with Crippen LogP contribution in [0, 0.1) is 17.3 Å². The fourth-order valence-corrected chi connectivity index (χ4v) is 4.21. The Bertz CT molecular complexity index is 685. The molecule has 0 atom stereocenters. The van der Waals surface area contributed by atoms with E-state index in [-0.39, 0.29) is 0 Å². The molecule has 228 valence electrons. The molecule has 2 aromatic rings. The van der Waals surface area contributed by atoms with Crippen LogP contribution in [0.1, 0.15) is 177 Å². The largest absolute Gasteiger partial charge is 0.0683 e. The van der Waals surface area contributed by atoms with Gasteiger partial charge in [0.1, 0.15) is 0 Å². The molecule has 1 aliphatic rings. The zero-order chi connectivity index (χ0) is 31.0. The van der Waals surface area contributed by atoms with Crippen LogP contribution in [0.4, 0.5) is 0 Å². The van der Waals surface area contributed by atoms with Crippen LogP contribution in [0.5, 0.6) is 0 Å². The molecule has 0 aromatic heterocycles. The van der Waals surface area contributed by atoms with Crippen LogP contribution in [0.2, 0.25) is 0 Å². The van der Waals surface area contributed by atoms with Crippen molar-refractivity contribution in [2.75, 3.05) is 0 Å². The molecule has 0 aliphatic heterocycles. The van der Waals surface area contributed by atoms with E-state index in [9.17, 15) is 0 Å². The third-order valence-corrected chi connectivity index (χ3v) is 7.09. The van der Waals surface area contributed by atoms with E-state index in [0.717, 1.165) is 18.3 Å². The average molecular weight is 541 g/mol. The van der Waals surface area contributed by atoms with Crippen molar-refractivity contribution < 1.29 is 0 Å². The Morgan fingerprint density at radius 1 is 0.513 bits per heavy atom. The molecule has 0 spiro atoms. The molecule has 0 amide bonds. The number of benzene rings is 2. The molecule has 0 nitrogen and oxygen atoms in total. The Labute approximate surface area is 248 Å². The SMILES string of the molecule is CC.CC.CC.CC(C)C.CC(C)C1(C)CCCCC1.CC(C)c1ccc(Cc2ccc(C(C)C)cc2)cc1. The molecule has 0 radical (unpaired) electrons. The summed E-state index contributed by atoms with van der Waals surface area (Å²) in [5.41, 5.74) is 6.29. The molecule has 3 rings (SSSR count). The summed E-state index contributed by atoms with van der Waals surface area (Å²) in [5.74, 6) is 2.94. The molecule has 0 unspecified atom stereocenters. The van der Waals surface area contributed by atoms with Crippen LogP contribution >= 0.6 is 0 Å². The second-order valence-corrected chi connectivity index (χ2v) is 12.1. The van der Waals surface area contributed by atoms with Gasteiger partial charge in [-0.2, -0.15) is 0 Å². The monoisotopic (exact) mass is 541 g/mol. The van der Waals surface area contributed by atoms with Gasteiger partial charge in [0.05, 0.1) is 0 Å². The lowest BCUT2D eigenvalue weighted by molar-refractivity contribution is 0.143. The summed E-state index contributed by atoms with van der Waals surface area (Å²) in [6, 6.07) is 18.0. The first-order chi connectivity index (χ1) is 18.4. The molecule has 1 saturated carbocycles. The summed E-state index contributed by atoms with van der Waals surface area (Å²) in [6.45, 7) is 34.6. The quantitative estimate of drug-likeness (QED) is 0.354. The summed E-state index contributed by atoms with van der Waals surface area (Å²) in [7, 11) is 0. The highest BCUT2D eigenvalue weighted by molar-refractivity contribution is 5.32. The zero-order valence-corrected chi connectivity index (χ0v) is 29.7. The number of rotatable bonds is 5. The predicted molar refractivity (Wildman–Crippen MR) is 184 cm³/mol. The van der Waals surface area contributed by atoms with Gasteiger partial charge in [-0.05, 0) is 70.6 Å². The lowest BCUT2D eigenvalue weighted by Gasteiger charge is -2.37. The van der Waals surface area contributed by atoms with Gasteiger partial charge < -0.3 is 0 Å². The topological polar surface area (TPSA) is 0 Å². The van der Waals surface area contributed by atoms with E-state index < -0.39 is 0 Å². The highest BCUT2D eigenvalue weighted by Crippen LogP contribution is 2.41. The molecule has 39 heavy (non-hydrogen) atoms. The fraction of sp³-hybridized carbons (Fsp3) is 0.692. The third kappa shape index (κ3) is 20.0. The van der Waals surface area contributed by atoms with Crippen LogP contribution in [-0.2, 0) is 6.42 Å². The van der Waals surface area contributed by atoms with Gasteiger partial charge in [0.15, 0.2) is 0 Å². The Hall–Kier alpha value is -1.56. The van der Waals surface area contributed by atoms with Crippen molar-refractivity contribution in [3.8, 4) is 0 Å². The molecule has 0 heteroatoms. The molecule has 2 aromatic carbocycles. The van der Waals surface area contributed by atoms with Crippen molar-refractivity contribution in [1.29, 1.82) is 0 Å². The molecular formula is C39H72. The van der Waals surface area contributed by atoms with Gasteiger partial charge in [0.25, 0.3) is 0 Å². The van der Waals surface area contributed by atoms with E-state index in [4.69, 9.17) is 0 Å². The van der Waals surface area contributed by atoms with Crippen LogP contribution in [0.3, 0.4) is 0 Å². The first kappa shape index (κ1) is 41.9. The van der Waals surface area contributed by atoms with Gasteiger partial charge >= 0.3 is 0 Å². The smallest absolute Gasteiger partial charge is 0.00258 e. The molecule has 0 saturated heterocycles. The second kappa shape index (κ2) is 25.4. The van der Waals surface area contributed by atoms with E-state index in [2.05, 4.69) is 118 Å². The van der Waals surface area contributed by atoms with Gasteiger partial charge in [0.2, 0.25) is 0 Å². The minimum absolute atomic E-state index is 0.611. The zero-order valence-electron chi connectivity index (χ0n) is 29.7. The normalized spacial score (nSPS) is 13.3. The summed E-state index contributed by atoms with van der Waals surface area (Å²) >= 11 is 0. The minimum atomic E-state index is 0.611. The molecule has 1 aliphatic carbocycles. The maximum Gasteiger partial charge on any atom is -0.00258 e. The minimum Gasteiger partial charge on any atom is -0.0683 e. The summed E-state index contributed by atoms with van der Waals surface area (Å²) in [6.07, 6.45) is 8.36. The van der Waals surface area contributed by atoms with Crippen molar-refractivity contribution in [3.63, 3.8) is 0 Å². The van der Waals surface area contributed by atoms with Gasteiger partial charge in [-0.3, -0.25) is 0 Å². The van der Waals surface area contributed by atoms with Gasteiger partial charge in [-0.1, -0.05) is 179 Å². The van der Waals surface area contributed by atoms with Gasteiger partial charge in [-0.25, -0.2) is 0 Å². The Balaban J connectivity index is -0.000000544. The lowest BCUT2D eigenvalue weighted by atomic mass is 9.69. The van der Waals surface area contributed by atoms with Crippen LogP contribution in [-0.4, -0.2) is 0 Å². The lowest BCUT2D eigenvalue weighted by Crippen LogP contribution is -2.25. The van der Waals surface area contributed by atoms with Gasteiger partial charge in [0, 0.05) is 0 Å². The van der Waals surface area contributed by atoms with Crippen molar-refractivity contribution >= 4 is 0 Å². The van der Waals surface area contributed by atoms with Crippen LogP contribution < -0.4 is 0 Å². The van der Waals surface area contributed by atoms with Gasteiger partial charge in [-0.15, -0.1) is 0 Å². The predicted octanol–water partition coefficient (Wildman–Crippen LogP) is 13.9. The summed E-state index contributed by atoms with van der Waals surface area (Å²) in [4.78, 5) is 0. The summed E-state index contributed by atoms with van der Waals surface area (Å²) in [5, 5.41) is 0. The van der Waals surface area contributed by atoms with E-state index in [1.807, 2.05) is 41.5 Å². The van der Waals surface area contributed by atoms with E-state index in [0.29, 0.717) is 17.3 Å². The van der Waals surface area contributed by atoms with Crippen LogP contribution in [0.25, 0.3) is 0 Å². The Morgan fingerprint density at radius 3 is 1.00 bits per heavy atom. The maximum atomic E-state index is 2.46. The Kier molecular flexibility index (Phi) is 27.3. The number of hydrogen-bond donors (Lipinski definition) is 0. The molecular weight excluding hydrogens is 468 g/mol. The van der Waals surface area contributed by atoms with Crippen molar-refractivity contribution in [1.82, 2.24) is 0 Å². The molecule has 0 bridgehead atoms. The first-order valence-corrected chi connectivity index (χ1v) is 16.6. The average Bonchev–Trinajstić information content (AvgIpc) is 2.93. The van der Waals surface area contributed by atoms with Crippen molar-refractivity contribution in [2.45, 2.75) is 161 Å². The fourth-order valence-electron chi connectivity index (χ4n) is 4.21. The molecule has 0 N–H and O–H groups in total. The Morgan fingerprint density at radius 2 is 0.795 bits per heavy atom. The molecule has 1 fully saturated rings. The maximum absolute atomic E-state index is 2.46. The van der Waals surface area contributed by atoms with E-state index in [1.165, 1.54) is 54.4 Å². The van der Waals surface area contributed by atoms with Crippen LogP contribution in [0.15, 0.2) is 48.5 Å². The van der Waals surface area contributed by atoms with E-state index >= 15 is 0 Å². The van der Waals surface area contributed by atoms with Crippen molar-refractivity contribution in [2.24, 2.45) is 17.3 Å². The highest BCUT2D eigenvalue weighted by Gasteiger charge is 2.29. The standard InChI is InChI=1S/C19H24.C10H20.C4H10.3C2H6/c1-14(2)18-9-5-16(6-10-18)13-17-7-11-19(12-8-17)15(3)4;1-9(2)10(3)7-5-4-6-8-10;1-4(2)3;3*1-2/h5-12,14-15H,13H2,1-4H3;9H,4-8H2,1-3H3;4H,1-3H3;3*1-2H3. The summed E-state index contributed by atoms with van der Waals surface area (Å²) < 4.78 is 0. The second-order valence-electron chi connectivity index (χ2n) is 12.1. The molecule has 0 heterocycles. The van der Waals surface area contributed by atoms with E-state index in [1.54, 1.807) is 0 Å². The third-order valence-electron chi connectivity index (χ3n) is 7.09. The van der Waals surface area contributed by atoms with Crippen molar-refractivity contribution in [3.05, 3.63) is 70.8 Å². The highest BCUT2D eigenvalue weighted by atomic mass is 14.3.